The molecular weight excluding hydrogens is 190 g/mol. The van der Waals surface area contributed by atoms with Gasteiger partial charge < -0.3 is 10.5 Å². The van der Waals surface area contributed by atoms with E-state index in [2.05, 4.69) is 12.2 Å². The lowest BCUT2D eigenvalue weighted by molar-refractivity contribution is -0.146. The third-order valence-electron chi connectivity index (χ3n) is 2.99. The molecule has 13 heavy (non-hydrogen) atoms. The van der Waals surface area contributed by atoms with Crippen molar-refractivity contribution in [3.05, 3.63) is 12.2 Å². The van der Waals surface area contributed by atoms with E-state index in [1.54, 1.807) is 0 Å². The lowest BCUT2D eigenvalue weighted by Crippen LogP contribution is -2.39. The first-order valence-electron chi connectivity index (χ1n) is 4.26. The lowest BCUT2D eigenvalue weighted by atomic mass is 9.90. The predicted octanol–water partition coefficient (Wildman–Crippen LogP) is 0.731. The van der Waals surface area contributed by atoms with E-state index in [1.807, 2.05) is 0 Å². The number of ether oxygens (including phenoxy) is 1. The van der Waals surface area contributed by atoms with Crippen LogP contribution in [0.25, 0.3) is 0 Å². The Hall–Kier alpha value is -0.540. The number of rotatable bonds is 1. The molecule has 2 aliphatic carbocycles. The number of esters is 1. The smallest absolute Gasteiger partial charge is 0.310 e. The zero-order valence-electron chi connectivity index (χ0n) is 7.47. The summed E-state index contributed by atoms with van der Waals surface area (Å²) in [7, 11) is 1.42. The minimum absolute atomic E-state index is 0. The van der Waals surface area contributed by atoms with Crippen LogP contribution in [-0.2, 0) is 9.53 Å². The highest BCUT2D eigenvalue weighted by Crippen LogP contribution is 2.42. The number of methoxy groups -OCH3 is 1. The first-order chi connectivity index (χ1) is 5.74. The van der Waals surface area contributed by atoms with Crippen LogP contribution in [0.2, 0.25) is 0 Å². The van der Waals surface area contributed by atoms with E-state index in [1.165, 1.54) is 7.11 Å². The van der Waals surface area contributed by atoms with E-state index in [9.17, 15) is 4.79 Å². The molecule has 0 heterocycles. The quantitative estimate of drug-likeness (QED) is 0.505. The highest BCUT2D eigenvalue weighted by Gasteiger charge is 2.46. The van der Waals surface area contributed by atoms with Crippen molar-refractivity contribution in [2.24, 2.45) is 23.5 Å². The van der Waals surface area contributed by atoms with E-state index >= 15 is 0 Å². The van der Waals surface area contributed by atoms with Crippen LogP contribution in [0.4, 0.5) is 0 Å². The number of carbonyl (C=O) groups excluding carboxylic acids is 1. The average molecular weight is 204 g/mol. The van der Waals surface area contributed by atoms with Gasteiger partial charge in [-0.05, 0) is 18.3 Å². The van der Waals surface area contributed by atoms with Crippen molar-refractivity contribution in [3.63, 3.8) is 0 Å². The van der Waals surface area contributed by atoms with Gasteiger partial charge in [-0.2, -0.15) is 0 Å². The average Bonchev–Trinajstić information content (AvgIpc) is 2.63. The minimum atomic E-state index is -0.153. The van der Waals surface area contributed by atoms with Gasteiger partial charge in [-0.15, -0.1) is 12.4 Å². The summed E-state index contributed by atoms with van der Waals surface area (Å²) in [6.07, 6.45) is 5.24. The molecule has 4 heteroatoms. The van der Waals surface area contributed by atoms with Crippen LogP contribution in [0.3, 0.4) is 0 Å². The predicted molar refractivity (Wildman–Crippen MR) is 51.5 cm³/mol. The molecule has 1 saturated carbocycles. The molecule has 0 aromatic rings. The zero-order chi connectivity index (χ0) is 8.72. The summed E-state index contributed by atoms with van der Waals surface area (Å²) < 4.78 is 4.70. The molecule has 74 valence electrons. The molecule has 0 aromatic carbocycles. The van der Waals surface area contributed by atoms with Gasteiger partial charge >= 0.3 is 5.97 Å². The van der Waals surface area contributed by atoms with Crippen LogP contribution in [0.15, 0.2) is 12.2 Å². The van der Waals surface area contributed by atoms with Crippen LogP contribution in [0.1, 0.15) is 6.42 Å². The van der Waals surface area contributed by atoms with Crippen molar-refractivity contribution in [1.29, 1.82) is 0 Å². The second-order valence-corrected chi connectivity index (χ2v) is 3.57. The number of halogens is 1. The Morgan fingerprint density at radius 2 is 2.08 bits per heavy atom. The lowest BCUT2D eigenvalue weighted by Gasteiger charge is -2.21. The number of nitrogens with two attached hydrogens (primary N) is 1. The van der Waals surface area contributed by atoms with Gasteiger partial charge in [-0.3, -0.25) is 4.79 Å². The third kappa shape index (κ3) is 1.46. The number of hydrogen-bond acceptors (Lipinski definition) is 3. The first-order valence-corrected chi connectivity index (χ1v) is 4.26. The summed E-state index contributed by atoms with van der Waals surface area (Å²) in [5.41, 5.74) is 5.89. The van der Waals surface area contributed by atoms with Gasteiger partial charge in [0.25, 0.3) is 0 Å². The fourth-order valence-electron chi connectivity index (χ4n) is 2.33. The van der Waals surface area contributed by atoms with E-state index in [0.29, 0.717) is 11.8 Å². The Morgan fingerprint density at radius 1 is 1.46 bits per heavy atom. The highest BCUT2D eigenvalue weighted by atomic mass is 35.5. The van der Waals surface area contributed by atoms with Crippen molar-refractivity contribution in [2.75, 3.05) is 7.11 Å². The van der Waals surface area contributed by atoms with Crippen LogP contribution in [0.5, 0.6) is 0 Å². The molecule has 0 aromatic heterocycles. The summed E-state index contributed by atoms with van der Waals surface area (Å²) in [6, 6.07) is -0.0209. The van der Waals surface area contributed by atoms with E-state index in [0.717, 1.165) is 6.42 Å². The van der Waals surface area contributed by atoms with Crippen molar-refractivity contribution in [3.8, 4) is 0 Å². The Morgan fingerprint density at radius 3 is 2.54 bits per heavy atom. The van der Waals surface area contributed by atoms with Crippen LogP contribution < -0.4 is 5.73 Å². The van der Waals surface area contributed by atoms with Crippen molar-refractivity contribution in [2.45, 2.75) is 12.5 Å². The number of carbonyl (C=O) groups is 1. The second kappa shape index (κ2) is 3.68. The highest BCUT2D eigenvalue weighted by molar-refractivity contribution is 5.85. The van der Waals surface area contributed by atoms with Crippen molar-refractivity contribution in [1.82, 2.24) is 0 Å². The normalized spacial score (nSPS) is 40.2. The van der Waals surface area contributed by atoms with Crippen LogP contribution >= 0.6 is 12.4 Å². The number of hydrogen-bond donors (Lipinski definition) is 1. The van der Waals surface area contributed by atoms with E-state index in [-0.39, 0.29) is 30.3 Å². The van der Waals surface area contributed by atoms with Gasteiger partial charge in [0.2, 0.25) is 0 Å². The second-order valence-electron chi connectivity index (χ2n) is 3.57. The van der Waals surface area contributed by atoms with Crippen molar-refractivity contribution < 1.29 is 9.53 Å². The van der Waals surface area contributed by atoms with Crippen molar-refractivity contribution >= 4 is 18.4 Å². The van der Waals surface area contributed by atoms with E-state index < -0.39 is 0 Å². The monoisotopic (exact) mass is 203 g/mol. The van der Waals surface area contributed by atoms with Crippen LogP contribution in [-0.4, -0.2) is 19.1 Å². The summed E-state index contributed by atoms with van der Waals surface area (Å²) in [4.78, 5) is 11.3. The minimum Gasteiger partial charge on any atom is -0.469 e. The summed E-state index contributed by atoms with van der Waals surface area (Å²) in [6.45, 7) is 0. The number of allylic oxidation sites excluding steroid dienone is 1. The van der Waals surface area contributed by atoms with Gasteiger partial charge in [-0.25, -0.2) is 0 Å². The van der Waals surface area contributed by atoms with Gasteiger partial charge in [0.1, 0.15) is 0 Å². The van der Waals surface area contributed by atoms with Crippen LogP contribution in [0, 0.1) is 17.8 Å². The Balaban J connectivity index is 0.000000845. The Bertz CT molecular complexity index is 242. The standard InChI is InChI=1S/C9H13NO2.ClH/c1-12-9(11)7-5-2-3-6(4-5)8(7)10;/h2-3,5-8H,4,10H2,1H3;1H/t5-,6+,7+,8-;/m1./s1. The Labute approximate surface area is 83.7 Å². The molecular formula is C9H14ClNO2. The van der Waals surface area contributed by atoms with Gasteiger partial charge in [-0.1, -0.05) is 12.2 Å². The zero-order valence-corrected chi connectivity index (χ0v) is 8.29. The molecule has 0 spiro atoms. The molecule has 2 aliphatic rings. The van der Waals surface area contributed by atoms with Gasteiger partial charge in [0.05, 0.1) is 13.0 Å². The molecule has 1 fully saturated rings. The summed E-state index contributed by atoms with van der Waals surface area (Å²) in [5.74, 6) is 0.487. The molecule has 0 unspecified atom stereocenters. The molecule has 4 atom stereocenters. The maximum Gasteiger partial charge on any atom is 0.310 e. The maximum atomic E-state index is 11.3. The molecule has 0 saturated heterocycles. The largest absolute Gasteiger partial charge is 0.469 e. The topological polar surface area (TPSA) is 52.3 Å². The molecule has 0 amide bonds. The molecule has 3 nitrogen and oxygen atoms in total. The fourth-order valence-corrected chi connectivity index (χ4v) is 2.33. The maximum absolute atomic E-state index is 11.3. The van der Waals surface area contributed by atoms with E-state index in [4.69, 9.17) is 10.5 Å². The molecule has 2 bridgehead atoms. The third-order valence-corrected chi connectivity index (χ3v) is 2.99. The molecule has 2 rings (SSSR count). The summed E-state index contributed by atoms with van der Waals surface area (Å²) in [5, 5.41) is 0. The van der Waals surface area contributed by atoms with Gasteiger partial charge in [0.15, 0.2) is 0 Å². The molecule has 0 aliphatic heterocycles. The van der Waals surface area contributed by atoms with Gasteiger partial charge in [0, 0.05) is 6.04 Å². The number of fused-ring (bicyclic) bond motifs is 2. The summed E-state index contributed by atoms with van der Waals surface area (Å²) >= 11 is 0. The first kappa shape index (κ1) is 10.5. The molecule has 0 radical (unpaired) electrons. The fraction of sp³-hybridized carbons (Fsp3) is 0.667. The SMILES string of the molecule is COC(=O)[C@@H]1[C@H](N)[C@H]2C=C[C@@H]1C2.Cl. The molecule has 2 N–H and O–H groups in total. The Kier molecular flexibility index (Phi) is 2.98.